The number of ether oxygens (including phenoxy) is 1. The third kappa shape index (κ3) is 6.47. The Morgan fingerprint density at radius 1 is 1.21 bits per heavy atom. The molecule has 1 amide bonds. The maximum absolute atomic E-state index is 13.8. The van der Waals surface area contributed by atoms with Crippen molar-refractivity contribution >= 4 is 34.1 Å². The third-order valence-electron chi connectivity index (χ3n) is 6.63. The first-order chi connectivity index (χ1) is 19.0. The van der Waals surface area contributed by atoms with Crippen LogP contribution in [-0.2, 0) is 11.2 Å². The lowest BCUT2D eigenvalue weighted by atomic mass is 10.2. The van der Waals surface area contributed by atoms with Crippen LogP contribution >= 0.6 is 0 Å². The fraction of sp³-hybridized carbons (Fsp3) is 0.333. The minimum atomic E-state index is -1.11. The van der Waals surface area contributed by atoms with Crippen molar-refractivity contribution in [2.24, 2.45) is 0 Å². The first kappa shape index (κ1) is 26.4. The molecule has 2 aromatic carbocycles. The van der Waals surface area contributed by atoms with E-state index in [0.717, 1.165) is 43.8 Å². The third-order valence-corrected chi connectivity index (χ3v) is 6.63. The molecule has 4 N–H and O–H groups in total. The van der Waals surface area contributed by atoms with Crippen LogP contribution in [0.25, 0.3) is 10.9 Å². The van der Waals surface area contributed by atoms with Gasteiger partial charge in [-0.2, -0.15) is 5.10 Å². The van der Waals surface area contributed by atoms with Crippen molar-refractivity contribution in [1.82, 2.24) is 25.1 Å². The van der Waals surface area contributed by atoms with Crippen LogP contribution in [0.5, 0.6) is 5.75 Å². The molecule has 10 nitrogen and oxygen atoms in total. The maximum Gasteiger partial charge on any atom is 0.230 e. The summed E-state index contributed by atoms with van der Waals surface area (Å²) in [4.78, 5) is 23.3. The highest BCUT2D eigenvalue weighted by Crippen LogP contribution is 2.26. The fourth-order valence-electron chi connectivity index (χ4n) is 4.69. The molecule has 0 spiro atoms. The molecular weight excluding hydrogens is 508 g/mol. The molecule has 0 aliphatic carbocycles. The topological polar surface area (TPSA) is 128 Å². The number of aliphatic hydroxyl groups excluding tert-OH is 1. The highest BCUT2D eigenvalue weighted by atomic mass is 19.2. The minimum Gasteiger partial charge on any atom is -0.493 e. The lowest BCUT2D eigenvalue weighted by Crippen LogP contribution is -2.33. The Labute approximate surface area is 223 Å². The first-order valence-electron chi connectivity index (χ1n) is 12.8. The maximum atomic E-state index is 13.8. The number of likely N-dealkylation sites (tertiary alicyclic amines) is 1. The number of rotatable bonds is 11. The molecule has 1 saturated heterocycles. The number of hydrogen-bond acceptors (Lipinski definition) is 8. The summed E-state index contributed by atoms with van der Waals surface area (Å²) in [7, 11) is 0. The molecule has 1 aliphatic rings. The van der Waals surface area contributed by atoms with Gasteiger partial charge in [0.2, 0.25) is 5.91 Å². The van der Waals surface area contributed by atoms with E-state index >= 15 is 0 Å². The van der Waals surface area contributed by atoms with Crippen molar-refractivity contribution in [1.29, 1.82) is 0 Å². The second-order valence-electron chi connectivity index (χ2n) is 9.35. The summed E-state index contributed by atoms with van der Waals surface area (Å²) in [5.74, 6) is -1.01. The normalized spacial score (nSPS) is 15.5. The lowest BCUT2D eigenvalue weighted by Gasteiger charge is -2.22. The first-order valence-corrected chi connectivity index (χ1v) is 12.8. The van der Waals surface area contributed by atoms with E-state index in [2.05, 4.69) is 35.7 Å². The van der Waals surface area contributed by atoms with Crippen LogP contribution in [0.4, 0.5) is 26.1 Å². The number of nitrogens with zero attached hydrogens (tertiary/aromatic N) is 4. The van der Waals surface area contributed by atoms with Crippen LogP contribution in [0.15, 0.2) is 48.8 Å². The number of carbonyl (C=O) groups is 1. The van der Waals surface area contributed by atoms with Gasteiger partial charge in [0.05, 0.1) is 30.8 Å². The largest absolute Gasteiger partial charge is 0.493 e. The van der Waals surface area contributed by atoms with Gasteiger partial charge in [-0.05, 0) is 50.1 Å². The van der Waals surface area contributed by atoms with Crippen LogP contribution in [0, 0.1) is 11.6 Å². The van der Waals surface area contributed by atoms with Crippen LogP contribution in [0.1, 0.15) is 25.0 Å². The molecule has 204 valence electrons. The van der Waals surface area contributed by atoms with Crippen LogP contribution in [0.3, 0.4) is 0 Å². The average Bonchev–Trinajstić information content (AvgIpc) is 3.58. The van der Waals surface area contributed by atoms with Gasteiger partial charge in [-0.15, -0.1) is 0 Å². The van der Waals surface area contributed by atoms with Gasteiger partial charge in [-0.25, -0.2) is 18.7 Å². The van der Waals surface area contributed by atoms with Crippen molar-refractivity contribution in [2.45, 2.75) is 31.7 Å². The Hall–Kier alpha value is -4.16. The highest BCUT2D eigenvalue weighted by molar-refractivity contribution is 5.93. The molecule has 0 radical (unpaired) electrons. The molecule has 1 aliphatic heterocycles. The number of benzene rings is 2. The minimum absolute atomic E-state index is 0.117. The summed E-state index contributed by atoms with van der Waals surface area (Å²) in [5, 5.41) is 22.6. The van der Waals surface area contributed by atoms with Crippen LogP contribution in [-0.4, -0.2) is 68.4 Å². The quantitative estimate of drug-likeness (QED) is 0.213. The second kappa shape index (κ2) is 12.1. The number of hydrogen-bond donors (Lipinski definition) is 4. The monoisotopic (exact) mass is 537 g/mol. The zero-order valence-electron chi connectivity index (χ0n) is 21.2. The van der Waals surface area contributed by atoms with Gasteiger partial charge in [-0.1, -0.05) is 6.07 Å². The van der Waals surface area contributed by atoms with Crippen molar-refractivity contribution in [3.63, 3.8) is 0 Å². The molecule has 2 aromatic heterocycles. The summed E-state index contributed by atoms with van der Waals surface area (Å²) in [6, 6.07) is 11.0. The van der Waals surface area contributed by atoms with Crippen molar-refractivity contribution in [3.05, 3.63) is 66.1 Å². The fourth-order valence-corrected chi connectivity index (χ4v) is 4.69. The Kier molecular flexibility index (Phi) is 8.23. The van der Waals surface area contributed by atoms with Gasteiger partial charge in [0.15, 0.2) is 17.5 Å². The number of aliphatic hydroxyl groups is 1. The smallest absolute Gasteiger partial charge is 0.230 e. The van der Waals surface area contributed by atoms with E-state index in [9.17, 15) is 18.7 Å². The standard InChI is InChI=1S/C27H29F2N7O3/c28-21-5-1-6-22(26(21)29)32-25(38)13-17-12-24(35-34-17)33-27-20-8-7-19(14-23(20)30-16-31-27)39-11-3-10-36-9-2-4-18(36)15-37/h1,5-8,12,14,16,18,37H,2-4,9-11,13,15H2,(H,32,38)(H2,30,31,33,34,35)/t18-/m0/s1. The number of anilines is 3. The molecule has 1 fully saturated rings. The van der Waals surface area contributed by atoms with E-state index in [-0.39, 0.29) is 24.8 Å². The number of halogens is 2. The molecule has 39 heavy (non-hydrogen) atoms. The zero-order chi connectivity index (χ0) is 27.2. The Morgan fingerprint density at radius 2 is 2.10 bits per heavy atom. The molecule has 4 aromatic rings. The van der Waals surface area contributed by atoms with Crippen LogP contribution in [0.2, 0.25) is 0 Å². The van der Waals surface area contributed by atoms with E-state index < -0.39 is 17.5 Å². The molecule has 1 atom stereocenters. The zero-order valence-corrected chi connectivity index (χ0v) is 21.2. The van der Waals surface area contributed by atoms with Gasteiger partial charge < -0.3 is 20.5 Å². The van der Waals surface area contributed by atoms with Crippen molar-refractivity contribution in [2.75, 3.05) is 36.9 Å². The number of amides is 1. The van der Waals surface area contributed by atoms with E-state index in [0.29, 0.717) is 35.2 Å². The number of fused-ring (bicyclic) bond motifs is 1. The number of H-pyrrole nitrogens is 1. The van der Waals surface area contributed by atoms with Gasteiger partial charge in [-0.3, -0.25) is 14.8 Å². The summed E-state index contributed by atoms with van der Waals surface area (Å²) in [6.07, 6.45) is 4.35. The summed E-state index contributed by atoms with van der Waals surface area (Å²) >= 11 is 0. The SMILES string of the molecule is O=C(Cc1cc(Nc2ncnc3cc(OCCCN4CCC[C@H]4CO)ccc23)n[nH]1)Nc1cccc(F)c1F. The molecule has 3 heterocycles. The number of aromatic nitrogens is 4. The molecule has 0 unspecified atom stereocenters. The number of carbonyl (C=O) groups excluding carboxylic acids is 1. The molecule has 5 rings (SSSR count). The van der Waals surface area contributed by atoms with E-state index in [1.807, 2.05) is 18.2 Å². The van der Waals surface area contributed by atoms with Crippen molar-refractivity contribution < 1.29 is 23.4 Å². The van der Waals surface area contributed by atoms with Gasteiger partial charge in [0.1, 0.15) is 17.9 Å². The number of aromatic amines is 1. The van der Waals surface area contributed by atoms with Gasteiger partial charge in [0.25, 0.3) is 0 Å². The predicted molar refractivity (Wildman–Crippen MR) is 142 cm³/mol. The van der Waals surface area contributed by atoms with Crippen LogP contribution < -0.4 is 15.4 Å². The van der Waals surface area contributed by atoms with E-state index in [1.165, 1.54) is 18.5 Å². The lowest BCUT2D eigenvalue weighted by molar-refractivity contribution is -0.115. The summed E-state index contributed by atoms with van der Waals surface area (Å²) < 4.78 is 33.1. The Balaban J connectivity index is 1.16. The summed E-state index contributed by atoms with van der Waals surface area (Å²) in [6.45, 7) is 2.68. The molecule has 0 bridgehead atoms. The van der Waals surface area contributed by atoms with E-state index in [1.54, 1.807) is 6.07 Å². The highest BCUT2D eigenvalue weighted by Gasteiger charge is 2.22. The van der Waals surface area contributed by atoms with Gasteiger partial charge >= 0.3 is 0 Å². The molecule has 12 heteroatoms. The number of nitrogens with one attached hydrogen (secondary N) is 3. The van der Waals surface area contributed by atoms with Crippen molar-refractivity contribution in [3.8, 4) is 5.75 Å². The summed E-state index contributed by atoms with van der Waals surface area (Å²) in [5.41, 5.74) is 0.938. The average molecular weight is 538 g/mol. The Bertz CT molecular complexity index is 1450. The predicted octanol–water partition coefficient (Wildman–Crippen LogP) is 3.78. The van der Waals surface area contributed by atoms with Gasteiger partial charge in [0, 0.05) is 35.8 Å². The molecule has 0 saturated carbocycles. The second-order valence-corrected chi connectivity index (χ2v) is 9.35. The van der Waals surface area contributed by atoms with E-state index in [4.69, 9.17) is 4.74 Å². The molecular formula is C27H29F2N7O3. The Morgan fingerprint density at radius 3 is 2.97 bits per heavy atom.